The van der Waals surface area contributed by atoms with Gasteiger partial charge >= 0.3 is 11.9 Å². The fourth-order valence-electron chi connectivity index (χ4n) is 5.45. The lowest BCUT2D eigenvalue weighted by molar-refractivity contribution is 0.0556. The van der Waals surface area contributed by atoms with Crippen molar-refractivity contribution >= 4 is 22.7 Å². The van der Waals surface area contributed by atoms with Gasteiger partial charge in [-0.2, -0.15) is 0 Å². The second-order valence-corrected chi connectivity index (χ2v) is 8.67. The van der Waals surface area contributed by atoms with Crippen LogP contribution in [0.2, 0.25) is 0 Å². The molecule has 0 amide bonds. The highest BCUT2D eigenvalue weighted by atomic mass is 16.5. The molecule has 0 heterocycles. The molecule has 0 radical (unpaired) electrons. The molecule has 0 saturated carbocycles. The average molecular weight is 471 g/mol. The molecular formula is C32H22O4. The third-order valence-electron chi connectivity index (χ3n) is 6.85. The Morgan fingerprint density at radius 3 is 1.31 bits per heavy atom. The van der Waals surface area contributed by atoms with Crippen LogP contribution in [0, 0.1) is 0 Å². The third-order valence-corrected chi connectivity index (χ3v) is 6.85. The summed E-state index contributed by atoms with van der Waals surface area (Å²) < 4.78 is 10.6. The van der Waals surface area contributed by atoms with Crippen molar-refractivity contribution in [2.75, 3.05) is 14.2 Å². The minimum atomic E-state index is -0.586. The molecule has 0 fully saturated rings. The Balaban J connectivity index is 1.93. The lowest BCUT2D eigenvalue weighted by atomic mass is 9.80. The molecule has 0 unspecified atom stereocenters. The van der Waals surface area contributed by atoms with Crippen molar-refractivity contribution in [3.8, 4) is 44.5 Å². The Morgan fingerprint density at radius 1 is 0.500 bits per heavy atom. The SMILES string of the molecule is COC(=O)c1c(C(=O)OC)c(-c2ccccc2)c2c(c1-c1ccccc1)-c1cccc3cccc-2c13. The normalized spacial score (nSPS) is 11.3. The summed E-state index contributed by atoms with van der Waals surface area (Å²) in [5.74, 6) is -1.17. The van der Waals surface area contributed by atoms with Crippen LogP contribution in [-0.4, -0.2) is 26.2 Å². The molecule has 0 bridgehead atoms. The summed E-state index contributed by atoms with van der Waals surface area (Å²) >= 11 is 0. The molecule has 0 atom stereocenters. The Bertz CT molecular complexity index is 1550. The molecule has 36 heavy (non-hydrogen) atoms. The van der Waals surface area contributed by atoms with Gasteiger partial charge in [-0.15, -0.1) is 0 Å². The Hall–Kier alpha value is -4.70. The van der Waals surface area contributed by atoms with Gasteiger partial charge in [0, 0.05) is 11.1 Å². The predicted octanol–water partition coefficient (Wildman–Crippen LogP) is 7.39. The first-order valence-corrected chi connectivity index (χ1v) is 11.7. The zero-order valence-corrected chi connectivity index (χ0v) is 19.9. The van der Waals surface area contributed by atoms with Crippen molar-refractivity contribution in [1.29, 1.82) is 0 Å². The van der Waals surface area contributed by atoms with E-state index >= 15 is 0 Å². The van der Waals surface area contributed by atoms with Gasteiger partial charge < -0.3 is 9.47 Å². The van der Waals surface area contributed by atoms with E-state index in [2.05, 4.69) is 24.3 Å². The van der Waals surface area contributed by atoms with Crippen molar-refractivity contribution in [3.63, 3.8) is 0 Å². The second-order valence-electron chi connectivity index (χ2n) is 8.67. The number of fused-ring (bicyclic) bond motifs is 3. The molecule has 5 aromatic carbocycles. The summed E-state index contributed by atoms with van der Waals surface area (Å²) in [6.07, 6.45) is 0. The second kappa shape index (κ2) is 8.51. The molecule has 5 aromatic rings. The van der Waals surface area contributed by atoms with Crippen LogP contribution in [0.5, 0.6) is 0 Å². The number of carbonyl (C=O) groups excluding carboxylic acids is 2. The number of esters is 2. The first kappa shape index (κ1) is 21.8. The van der Waals surface area contributed by atoms with Crippen molar-refractivity contribution < 1.29 is 19.1 Å². The van der Waals surface area contributed by atoms with Crippen LogP contribution >= 0.6 is 0 Å². The minimum Gasteiger partial charge on any atom is -0.465 e. The van der Waals surface area contributed by atoms with Crippen LogP contribution in [0.1, 0.15) is 20.7 Å². The van der Waals surface area contributed by atoms with E-state index in [1.807, 2.05) is 72.8 Å². The van der Waals surface area contributed by atoms with E-state index in [0.29, 0.717) is 11.1 Å². The highest BCUT2D eigenvalue weighted by Gasteiger charge is 2.37. The third kappa shape index (κ3) is 3.08. The summed E-state index contributed by atoms with van der Waals surface area (Å²) in [4.78, 5) is 27.0. The highest BCUT2D eigenvalue weighted by molar-refractivity contribution is 6.26. The average Bonchev–Trinajstić information content (AvgIpc) is 3.27. The molecular weight excluding hydrogens is 448 g/mol. The molecule has 1 aliphatic carbocycles. The van der Waals surface area contributed by atoms with Crippen LogP contribution in [0.4, 0.5) is 0 Å². The van der Waals surface area contributed by atoms with Crippen molar-refractivity contribution in [3.05, 3.63) is 108 Å². The van der Waals surface area contributed by atoms with Gasteiger partial charge in [-0.1, -0.05) is 97.1 Å². The van der Waals surface area contributed by atoms with Gasteiger partial charge in [0.2, 0.25) is 0 Å². The summed E-state index contributed by atoms with van der Waals surface area (Å²) in [6.45, 7) is 0. The summed E-state index contributed by atoms with van der Waals surface area (Å²) in [5.41, 5.74) is 7.28. The number of ether oxygens (including phenoxy) is 2. The van der Waals surface area contributed by atoms with E-state index < -0.39 is 11.9 Å². The first-order valence-electron chi connectivity index (χ1n) is 11.7. The molecule has 0 saturated heterocycles. The van der Waals surface area contributed by atoms with Gasteiger partial charge in [0.15, 0.2) is 0 Å². The smallest absolute Gasteiger partial charge is 0.339 e. The molecule has 0 N–H and O–H groups in total. The van der Waals surface area contributed by atoms with E-state index in [4.69, 9.17) is 9.47 Å². The van der Waals surface area contributed by atoms with Crippen LogP contribution in [0.3, 0.4) is 0 Å². The lowest BCUT2D eigenvalue weighted by Crippen LogP contribution is -2.16. The first-order chi connectivity index (χ1) is 17.7. The number of hydrogen-bond donors (Lipinski definition) is 0. The van der Waals surface area contributed by atoms with Crippen LogP contribution in [0.25, 0.3) is 55.3 Å². The van der Waals surface area contributed by atoms with Crippen molar-refractivity contribution in [2.24, 2.45) is 0 Å². The maximum atomic E-state index is 13.5. The largest absolute Gasteiger partial charge is 0.465 e. The van der Waals surface area contributed by atoms with Gasteiger partial charge in [-0.25, -0.2) is 9.59 Å². The van der Waals surface area contributed by atoms with Crippen molar-refractivity contribution in [1.82, 2.24) is 0 Å². The summed E-state index contributed by atoms with van der Waals surface area (Å²) in [5, 5.41) is 2.20. The zero-order valence-electron chi connectivity index (χ0n) is 19.9. The molecule has 4 nitrogen and oxygen atoms in total. The Morgan fingerprint density at radius 2 is 0.917 bits per heavy atom. The van der Waals surface area contributed by atoms with Crippen LogP contribution < -0.4 is 0 Å². The number of methoxy groups -OCH3 is 2. The van der Waals surface area contributed by atoms with E-state index in [1.165, 1.54) is 14.2 Å². The maximum absolute atomic E-state index is 13.5. The molecule has 0 aliphatic heterocycles. The fraction of sp³-hybridized carbons (Fsp3) is 0.0625. The van der Waals surface area contributed by atoms with E-state index in [1.54, 1.807) is 0 Å². The molecule has 174 valence electrons. The number of carbonyl (C=O) groups is 2. The Labute approximate surface area is 208 Å². The van der Waals surface area contributed by atoms with Gasteiger partial charge in [-0.3, -0.25) is 0 Å². The number of hydrogen-bond acceptors (Lipinski definition) is 4. The fourth-order valence-corrected chi connectivity index (χ4v) is 5.45. The number of rotatable bonds is 4. The predicted molar refractivity (Wildman–Crippen MR) is 142 cm³/mol. The number of benzene rings is 5. The van der Waals surface area contributed by atoms with E-state index in [0.717, 1.165) is 44.2 Å². The van der Waals surface area contributed by atoms with E-state index in [-0.39, 0.29) is 11.1 Å². The van der Waals surface area contributed by atoms with E-state index in [9.17, 15) is 9.59 Å². The standard InChI is InChI=1S/C32H22O4/c1-35-31(33)29-25(20-11-5-3-6-12-20)27-22-17-9-15-19-16-10-18-23(24(19)22)28(27)26(30(29)32(34)36-2)21-13-7-4-8-14-21/h3-18H,1-2H3. The minimum absolute atomic E-state index is 0.206. The Kier molecular flexibility index (Phi) is 5.15. The van der Waals surface area contributed by atoms with Gasteiger partial charge in [0.25, 0.3) is 0 Å². The molecule has 6 rings (SSSR count). The molecule has 1 aliphatic rings. The molecule has 4 heteroatoms. The highest BCUT2D eigenvalue weighted by Crippen LogP contribution is 2.57. The summed E-state index contributed by atoms with van der Waals surface area (Å²) in [7, 11) is 2.67. The van der Waals surface area contributed by atoms with Gasteiger partial charge in [0.05, 0.1) is 25.3 Å². The monoisotopic (exact) mass is 470 g/mol. The zero-order chi connectivity index (χ0) is 24.8. The topological polar surface area (TPSA) is 52.6 Å². The van der Waals surface area contributed by atoms with Crippen LogP contribution in [-0.2, 0) is 9.47 Å². The van der Waals surface area contributed by atoms with Crippen molar-refractivity contribution in [2.45, 2.75) is 0 Å². The van der Waals surface area contributed by atoms with Gasteiger partial charge in [0.1, 0.15) is 0 Å². The lowest BCUT2D eigenvalue weighted by Gasteiger charge is -2.23. The molecule has 0 aromatic heterocycles. The van der Waals surface area contributed by atoms with Crippen LogP contribution in [0.15, 0.2) is 97.1 Å². The van der Waals surface area contributed by atoms with Gasteiger partial charge in [-0.05, 0) is 44.2 Å². The quantitative estimate of drug-likeness (QED) is 0.252. The molecule has 0 spiro atoms. The summed E-state index contributed by atoms with van der Waals surface area (Å²) in [6, 6.07) is 31.8. The maximum Gasteiger partial charge on any atom is 0.339 e.